The third-order valence-electron chi connectivity index (χ3n) is 4.42. The molecule has 0 radical (unpaired) electrons. The van der Waals surface area contributed by atoms with E-state index in [0.29, 0.717) is 23.9 Å². The van der Waals surface area contributed by atoms with E-state index in [4.69, 9.17) is 17.3 Å². The molecule has 27 heavy (non-hydrogen) atoms. The van der Waals surface area contributed by atoms with Crippen LogP contribution >= 0.6 is 24.0 Å². The quantitative estimate of drug-likeness (QED) is 0.714. The van der Waals surface area contributed by atoms with Gasteiger partial charge in [-0.25, -0.2) is 9.67 Å². The van der Waals surface area contributed by atoms with Crippen molar-refractivity contribution in [3.05, 3.63) is 40.9 Å². The summed E-state index contributed by atoms with van der Waals surface area (Å²) >= 11 is 6.30. The molecule has 1 amide bonds. The van der Waals surface area contributed by atoms with Crippen LogP contribution in [-0.4, -0.2) is 45.2 Å². The molecule has 8 heteroatoms. The summed E-state index contributed by atoms with van der Waals surface area (Å²) in [6.07, 6.45) is 2.36. The zero-order valence-corrected chi connectivity index (χ0v) is 17.9. The lowest BCUT2D eigenvalue weighted by Gasteiger charge is -2.20. The van der Waals surface area contributed by atoms with E-state index in [2.05, 4.69) is 30.9 Å². The number of hydrogen-bond acceptors (Lipinski definition) is 4. The van der Waals surface area contributed by atoms with E-state index in [9.17, 15) is 4.79 Å². The second-order valence-corrected chi connectivity index (χ2v) is 7.30. The third kappa shape index (κ3) is 5.92. The zero-order chi connectivity index (χ0) is 19.3. The topological polar surface area (TPSA) is 77.0 Å². The molecule has 1 atom stereocenters. The van der Waals surface area contributed by atoms with Crippen LogP contribution < -0.4 is 5.73 Å². The minimum Gasteiger partial charge on any atom is -0.339 e. The highest BCUT2D eigenvalue weighted by Crippen LogP contribution is 2.21. The number of hydrogen-bond donors (Lipinski definition) is 1. The highest BCUT2D eigenvalue weighted by Gasteiger charge is 2.21. The molecule has 0 aliphatic heterocycles. The van der Waals surface area contributed by atoms with Crippen LogP contribution in [0.25, 0.3) is 5.69 Å². The Hall–Kier alpha value is -1.63. The van der Waals surface area contributed by atoms with Crippen LogP contribution in [-0.2, 0) is 6.42 Å². The number of halogens is 2. The molecule has 2 rings (SSSR count). The summed E-state index contributed by atoms with van der Waals surface area (Å²) in [7, 11) is 1.76. The minimum absolute atomic E-state index is 0. The lowest BCUT2D eigenvalue weighted by atomic mass is 10.0. The highest BCUT2D eigenvalue weighted by molar-refractivity contribution is 6.32. The normalized spacial score (nSPS) is 12.0. The Bertz CT molecular complexity index is 747. The Morgan fingerprint density at radius 1 is 1.33 bits per heavy atom. The van der Waals surface area contributed by atoms with Gasteiger partial charge in [-0.2, -0.15) is 0 Å². The molecule has 1 aromatic carbocycles. The van der Waals surface area contributed by atoms with Gasteiger partial charge in [-0.1, -0.05) is 44.5 Å². The molecule has 1 aromatic heterocycles. The lowest BCUT2D eigenvalue weighted by molar-refractivity contribution is 0.0777. The summed E-state index contributed by atoms with van der Waals surface area (Å²) in [5.41, 5.74) is 6.81. The number of aryl methyl sites for hydroxylation is 1. The smallest absolute Gasteiger partial charge is 0.293 e. The van der Waals surface area contributed by atoms with Gasteiger partial charge in [-0.05, 0) is 30.9 Å². The third-order valence-corrected chi connectivity index (χ3v) is 4.74. The van der Waals surface area contributed by atoms with Crippen molar-refractivity contribution in [3.8, 4) is 5.69 Å². The number of aromatic nitrogens is 3. The van der Waals surface area contributed by atoms with Crippen molar-refractivity contribution in [3.63, 3.8) is 0 Å². The Kier molecular flexibility index (Phi) is 9.22. The number of nitrogens with two attached hydrogens (primary N) is 1. The van der Waals surface area contributed by atoms with Gasteiger partial charge < -0.3 is 10.6 Å². The number of nitrogens with zero attached hydrogens (tertiary/aromatic N) is 4. The van der Waals surface area contributed by atoms with Gasteiger partial charge in [-0.3, -0.25) is 4.79 Å². The summed E-state index contributed by atoms with van der Waals surface area (Å²) < 4.78 is 1.67. The van der Waals surface area contributed by atoms with Crippen LogP contribution in [0.3, 0.4) is 0 Å². The van der Waals surface area contributed by atoms with Gasteiger partial charge in [0.15, 0.2) is 0 Å². The van der Waals surface area contributed by atoms with Gasteiger partial charge in [0, 0.05) is 26.1 Å². The second kappa shape index (κ2) is 10.6. The average molecular weight is 414 g/mol. The Labute approximate surface area is 172 Å². The van der Waals surface area contributed by atoms with Crippen LogP contribution in [0, 0.1) is 5.92 Å². The number of rotatable bonds is 8. The first-order valence-electron chi connectivity index (χ1n) is 9.07. The molecule has 150 valence electrons. The molecule has 6 nitrogen and oxygen atoms in total. The van der Waals surface area contributed by atoms with Gasteiger partial charge in [0.25, 0.3) is 5.91 Å². The molecule has 2 aromatic rings. The van der Waals surface area contributed by atoms with E-state index < -0.39 is 0 Å². The fourth-order valence-corrected chi connectivity index (χ4v) is 2.80. The minimum atomic E-state index is -0.205. The van der Waals surface area contributed by atoms with Crippen molar-refractivity contribution in [2.24, 2.45) is 11.7 Å². The number of amides is 1. The maximum Gasteiger partial charge on any atom is 0.293 e. The maximum atomic E-state index is 12.7. The van der Waals surface area contributed by atoms with Crippen molar-refractivity contribution in [2.45, 2.75) is 46.1 Å². The molecule has 0 bridgehead atoms. The molecule has 0 fully saturated rings. The maximum absolute atomic E-state index is 12.7. The van der Waals surface area contributed by atoms with Crippen LogP contribution in [0.15, 0.2) is 24.3 Å². The predicted octanol–water partition coefficient (Wildman–Crippen LogP) is 3.74. The van der Waals surface area contributed by atoms with E-state index in [1.807, 2.05) is 18.2 Å². The van der Waals surface area contributed by atoms with E-state index in [-0.39, 0.29) is 30.2 Å². The van der Waals surface area contributed by atoms with Crippen molar-refractivity contribution < 1.29 is 4.79 Å². The van der Waals surface area contributed by atoms with Crippen molar-refractivity contribution in [2.75, 3.05) is 13.6 Å². The highest BCUT2D eigenvalue weighted by atomic mass is 35.5. The molecule has 0 saturated carbocycles. The molecule has 0 spiro atoms. The molecular formula is C19H29Cl2N5O. The van der Waals surface area contributed by atoms with Gasteiger partial charge in [0.2, 0.25) is 5.82 Å². The second-order valence-electron chi connectivity index (χ2n) is 6.89. The van der Waals surface area contributed by atoms with Crippen LogP contribution in [0.1, 0.15) is 50.1 Å². The largest absolute Gasteiger partial charge is 0.339 e. The van der Waals surface area contributed by atoms with Crippen LogP contribution in [0.5, 0.6) is 0 Å². The Balaban J connectivity index is 0.00000364. The van der Waals surface area contributed by atoms with E-state index >= 15 is 0 Å². The summed E-state index contributed by atoms with van der Waals surface area (Å²) in [6, 6.07) is 7.49. The van der Waals surface area contributed by atoms with Crippen molar-refractivity contribution in [1.29, 1.82) is 0 Å². The number of para-hydroxylation sites is 1. The first-order chi connectivity index (χ1) is 12.3. The number of benzene rings is 1. The summed E-state index contributed by atoms with van der Waals surface area (Å²) in [5, 5.41) is 5.02. The van der Waals surface area contributed by atoms with E-state index in [1.165, 1.54) is 0 Å². The fraction of sp³-hybridized carbons (Fsp3) is 0.526. The summed E-state index contributed by atoms with van der Waals surface area (Å²) in [5.74, 6) is 1.10. The van der Waals surface area contributed by atoms with E-state index in [0.717, 1.165) is 24.4 Å². The number of carbonyl (C=O) groups is 1. The average Bonchev–Trinajstić information content (AvgIpc) is 3.03. The monoisotopic (exact) mass is 413 g/mol. The van der Waals surface area contributed by atoms with Crippen LogP contribution in [0.2, 0.25) is 5.02 Å². The van der Waals surface area contributed by atoms with Gasteiger partial charge in [-0.15, -0.1) is 17.5 Å². The fourth-order valence-electron chi connectivity index (χ4n) is 2.59. The molecule has 1 heterocycles. The molecule has 1 unspecified atom stereocenters. The molecule has 2 N–H and O–H groups in total. The standard InChI is InChI=1S/C19H28ClN5O.ClH/c1-5-8-17-22-18(19(26)24(4)12-11-15(21)13(2)3)23-25(17)16-10-7-6-9-14(16)20;/h6-7,9-10,13,15H,5,8,11-12,21H2,1-4H3;1H. The number of carbonyl (C=O) groups excluding carboxylic acids is 1. The zero-order valence-electron chi connectivity index (χ0n) is 16.4. The van der Waals surface area contributed by atoms with Crippen molar-refractivity contribution in [1.82, 2.24) is 19.7 Å². The first kappa shape index (κ1) is 23.4. The SMILES string of the molecule is CCCc1nc(C(=O)N(C)CCC(N)C(C)C)nn1-c1ccccc1Cl.Cl. The van der Waals surface area contributed by atoms with E-state index in [1.54, 1.807) is 22.7 Å². The summed E-state index contributed by atoms with van der Waals surface area (Å²) in [4.78, 5) is 18.8. The molecular weight excluding hydrogens is 385 g/mol. The molecule has 0 saturated heterocycles. The van der Waals surface area contributed by atoms with Gasteiger partial charge in [0.1, 0.15) is 5.82 Å². The summed E-state index contributed by atoms with van der Waals surface area (Å²) in [6.45, 7) is 6.79. The van der Waals surface area contributed by atoms with Crippen LogP contribution in [0.4, 0.5) is 0 Å². The first-order valence-corrected chi connectivity index (χ1v) is 9.44. The molecule has 0 aliphatic rings. The van der Waals surface area contributed by atoms with Crippen molar-refractivity contribution >= 4 is 29.9 Å². The Morgan fingerprint density at radius 3 is 2.59 bits per heavy atom. The van der Waals surface area contributed by atoms with Gasteiger partial charge >= 0.3 is 0 Å². The Morgan fingerprint density at radius 2 is 2.00 bits per heavy atom. The van der Waals surface area contributed by atoms with Gasteiger partial charge in [0.05, 0.1) is 10.7 Å². The predicted molar refractivity (Wildman–Crippen MR) is 112 cm³/mol. The molecule has 0 aliphatic carbocycles. The lowest BCUT2D eigenvalue weighted by Crippen LogP contribution is -2.35.